The fraction of sp³-hybridized carbons (Fsp3) is 0.235. The normalized spacial score (nSPS) is 14.0. The molecule has 1 aliphatic carbocycles. The van der Waals surface area contributed by atoms with Gasteiger partial charge in [0.15, 0.2) is 5.13 Å². The molecule has 6 heteroatoms. The molecule has 3 rings (SSSR count). The van der Waals surface area contributed by atoms with Crippen LogP contribution in [0.4, 0.5) is 5.13 Å². The number of nitrogens with zero attached hydrogens (tertiary/aromatic N) is 1. The highest BCUT2D eigenvalue weighted by atomic mass is 32.1. The van der Waals surface area contributed by atoms with E-state index in [-0.39, 0.29) is 11.8 Å². The van der Waals surface area contributed by atoms with Crippen LogP contribution in [-0.4, -0.2) is 22.8 Å². The lowest BCUT2D eigenvalue weighted by Gasteiger charge is -2.03. The Morgan fingerprint density at radius 2 is 2.00 bits per heavy atom. The zero-order chi connectivity index (χ0) is 16.2. The van der Waals surface area contributed by atoms with E-state index in [1.54, 1.807) is 24.4 Å². The maximum Gasteiger partial charge on any atom is 0.251 e. The molecule has 2 amide bonds. The van der Waals surface area contributed by atoms with E-state index in [1.165, 1.54) is 17.4 Å². The SMILES string of the molecule is Cc1cnc(NC(=O)/C=C/c2ccc(C(=O)NC3CC3)cc2)s1. The Hall–Kier alpha value is -2.47. The van der Waals surface area contributed by atoms with Gasteiger partial charge in [-0.1, -0.05) is 12.1 Å². The van der Waals surface area contributed by atoms with E-state index in [0.717, 1.165) is 23.3 Å². The highest BCUT2D eigenvalue weighted by Gasteiger charge is 2.23. The summed E-state index contributed by atoms with van der Waals surface area (Å²) in [6.07, 6.45) is 7.02. The summed E-state index contributed by atoms with van der Waals surface area (Å²) in [5.74, 6) is -0.269. The molecular formula is C17H17N3O2S. The molecule has 118 valence electrons. The van der Waals surface area contributed by atoms with Gasteiger partial charge in [0, 0.05) is 28.8 Å². The van der Waals surface area contributed by atoms with Gasteiger partial charge in [-0.25, -0.2) is 4.98 Å². The van der Waals surface area contributed by atoms with Crippen LogP contribution in [0.2, 0.25) is 0 Å². The zero-order valence-corrected chi connectivity index (χ0v) is 13.5. The maximum absolute atomic E-state index is 11.9. The lowest BCUT2D eigenvalue weighted by Crippen LogP contribution is -2.25. The van der Waals surface area contributed by atoms with Gasteiger partial charge < -0.3 is 5.32 Å². The van der Waals surface area contributed by atoms with Crippen LogP contribution in [0.5, 0.6) is 0 Å². The Morgan fingerprint density at radius 1 is 1.26 bits per heavy atom. The summed E-state index contributed by atoms with van der Waals surface area (Å²) < 4.78 is 0. The van der Waals surface area contributed by atoms with Crippen molar-refractivity contribution < 1.29 is 9.59 Å². The fourth-order valence-corrected chi connectivity index (χ4v) is 2.64. The van der Waals surface area contributed by atoms with Gasteiger partial charge in [-0.2, -0.15) is 0 Å². The Bertz CT molecular complexity index is 745. The summed E-state index contributed by atoms with van der Waals surface area (Å²) in [4.78, 5) is 28.8. The number of hydrogen-bond acceptors (Lipinski definition) is 4. The largest absolute Gasteiger partial charge is 0.349 e. The molecule has 0 spiro atoms. The van der Waals surface area contributed by atoms with Crippen LogP contribution in [0.15, 0.2) is 36.5 Å². The molecule has 5 nitrogen and oxygen atoms in total. The van der Waals surface area contributed by atoms with E-state index in [9.17, 15) is 9.59 Å². The molecule has 0 aliphatic heterocycles. The Kier molecular flexibility index (Phi) is 4.52. The van der Waals surface area contributed by atoms with E-state index in [4.69, 9.17) is 0 Å². The van der Waals surface area contributed by atoms with Crippen molar-refractivity contribution in [1.82, 2.24) is 10.3 Å². The molecule has 0 atom stereocenters. The van der Waals surface area contributed by atoms with Crippen molar-refractivity contribution in [1.29, 1.82) is 0 Å². The van der Waals surface area contributed by atoms with E-state index in [1.807, 2.05) is 19.1 Å². The van der Waals surface area contributed by atoms with E-state index >= 15 is 0 Å². The van der Waals surface area contributed by atoms with Gasteiger partial charge in [0.25, 0.3) is 5.91 Å². The van der Waals surface area contributed by atoms with E-state index in [0.29, 0.717) is 16.7 Å². The number of benzene rings is 1. The third-order valence-electron chi connectivity index (χ3n) is 3.36. The summed E-state index contributed by atoms with van der Waals surface area (Å²) in [5.41, 5.74) is 1.50. The number of nitrogens with one attached hydrogen (secondary N) is 2. The average Bonchev–Trinajstić information content (AvgIpc) is 3.26. The van der Waals surface area contributed by atoms with Gasteiger partial charge in [0.05, 0.1) is 0 Å². The molecule has 1 aromatic heterocycles. The van der Waals surface area contributed by atoms with Gasteiger partial charge in [-0.05, 0) is 43.5 Å². The van der Waals surface area contributed by atoms with Crippen molar-refractivity contribution in [2.45, 2.75) is 25.8 Å². The average molecular weight is 327 g/mol. The van der Waals surface area contributed by atoms with Gasteiger partial charge in [-0.15, -0.1) is 11.3 Å². The van der Waals surface area contributed by atoms with Crippen LogP contribution >= 0.6 is 11.3 Å². The van der Waals surface area contributed by atoms with Crippen molar-refractivity contribution in [3.8, 4) is 0 Å². The number of rotatable bonds is 5. The molecule has 23 heavy (non-hydrogen) atoms. The van der Waals surface area contributed by atoms with Crippen LogP contribution in [0.3, 0.4) is 0 Å². The minimum absolute atomic E-state index is 0.0417. The molecule has 1 aliphatic rings. The van der Waals surface area contributed by atoms with Crippen LogP contribution < -0.4 is 10.6 Å². The second-order valence-electron chi connectivity index (χ2n) is 5.47. The molecule has 0 saturated heterocycles. The summed E-state index contributed by atoms with van der Waals surface area (Å²) in [6, 6.07) is 7.51. The summed E-state index contributed by atoms with van der Waals surface area (Å²) in [5, 5.41) is 6.24. The molecule has 2 N–H and O–H groups in total. The van der Waals surface area contributed by atoms with Crippen molar-refractivity contribution in [2.75, 3.05) is 5.32 Å². The molecule has 0 bridgehead atoms. The minimum Gasteiger partial charge on any atom is -0.349 e. The minimum atomic E-state index is -0.227. The van der Waals surface area contributed by atoms with E-state index < -0.39 is 0 Å². The van der Waals surface area contributed by atoms with Crippen molar-refractivity contribution in [3.63, 3.8) is 0 Å². The molecule has 0 unspecified atom stereocenters. The van der Waals surface area contributed by atoms with Gasteiger partial charge in [0.1, 0.15) is 0 Å². The topological polar surface area (TPSA) is 71.1 Å². The van der Waals surface area contributed by atoms with Gasteiger partial charge in [-0.3, -0.25) is 14.9 Å². The molecule has 0 radical (unpaired) electrons. The number of carbonyl (C=O) groups is 2. The standard InChI is InChI=1S/C17H17N3O2S/c1-11-10-18-17(23-11)20-15(21)9-4-12-2-5-13(6-3-12)16(22)19-14-7-8-14/h2-6,9-10,14H,7-8H2,1H3,(H,19,22)(H,18,20,21)/b9-4+. The first kappa shape index (κ1) is 15.4. The fourth-order valence-electron chi connectivity index (χ4n) is 1.97. The number of carbonyl (C=O) groups excluding carboxylic acids is 2. The van der Waals surface area contributed by atoms with E-state index in [2.05, 4.69) is 15.6 Å². The Balaban J connectivity index is 1.56. The second-order valence-corrected chi connectivity index (χ2v) is 6.70. The smallest absolute Gasteiger partial charge is 0.251 e. The molecule has 1 fully saturated rings. The highest BCUT2D eigenvalue weighted by Crippen LogP contribution is 2.19. The van der Waals surface area contributed by atoms with Crippen molar-refractivity contribution in [2.24, 2.45) is 0 Å². The number of hydrogen-bond donors (Lipinski definition) is 2. The highest BCUT2D eigenvalue weighted by molar-refractivity contribution is 7.15. The first-order chi connectivity index (χ1) is 11.1. The third kappa shape index (κ3) is 4.50. The predicted molar refractivity (Wildman–Crippen MR) is 91.4 cm³/mol. The zero-order valence-electron chi connectivity index (χ0n) is 12.7. The van der Waals surface area contributed by atoms with Crippen LogP contribution in [0.1, 0.15) is 33.6 Å². The maximum atomic E-state index is 11.9. The third-order valence-corrected chi connectivity index (χ3v) is 4.19. The summed E-state index contributed by atoms with van der Waals surface area (Å²) in [7, 11) is 0. The first-order valence-electron chi connectivity index (χ1n) is 7.42. The predicted octanol–water partition coefficient (Wildman–Crippen LogP) is 3.00. The molecule has 1 saturated carbocycles. The summed E-state index contributed by atoms with van der Waals surface area (Å²) in [6.45, 7) is 1.93. The lowest BCUT2D eigenvalue weighted by atomic mass is 10.1. The van der Waals surface area contributed by atoms with Crippen molar-refractivity contribution >= 4 is 34.4 Å². The van der Waals surface area contributed by atoms with Gasteiger partial charge >= 0.3 is 0 Å². The van der Waals surface area contributed by atoms with Crippen molar-refractivity contribution in [3.05, 3.63) is 52.5 Å². The van der Waals surface area contributed by atoms with Crippen LogP contribution in [-0.2, 0) is 4.79 Å². The van der Waals surface area contributed by atoms with Crippen LogP contribution in [0.25, 0.3) is 6.08 Å². The number of amides is 2. The first-order valence-corrected chi connectivity index (χ1v) is 8.24. The van der Waals surface area contributed by atoms with Gasteiger partial charge in [0.2, 0.25) is 5.91 Å². The molecule has 1 heterocycles. The number of thiazole rings is 1. The number of aryl methyl sites for hydroxylation is 1. The van der Waals surface area contributed by atoms with Crippen LogP contribution in [0, 0.1) is 6.92 Å². The Morgan fingerprint density at radius 3 is 2.61 bits per heavy atom. The molecule has 2 aromatic rings. The molecular weight excluding hydrogens is 310 g/mol. The lowest BCUT2D eigenvalue weighted by molar-refractivity contribution is -0.111. The quantitative estimate of drug-likeness (QED) is 0.829. The number of aromatic nitrogens is 1. The molecule has 1 aromatic carbocycles. The second kappa shape index (κ2) is 6.75. The number of anilines is 1. The summed E-state index contributed by atoms with van der Waals surface area (Å²) >= 11 is 1.43. The monoisotopic (exact) mass is 327 g/mol. The Labute approximate surface area is 138 Å².